The number of thiophene rings is 1. The first-order valence-corrected chi connectivity index (χ1v) is 6.26. The van der Waals surface area contributed by atoms with E-state index in [0.717, 1.165) is 16.9 Å². The topological polar surface area (TPSA) is 41.6 Å². The van der Waals surface area contributed by atoms with Crippen molar-refractivity contribution in [1.82, 2.24) is 4.90 Å². The van der Waals surface area contributed by atoms with E-state index in [0.29, 0.717) is 5.96 Å². The quantitative estimate of drug-likeness (QED) is 0.867. The van der Waals surface area contributed by atoms with E-state index in [-0.39, 0.29) is 6.04 Å². The summed E-state index contributed by atoms with van der Waals surface area (Å²) in [6, 6.07) is 4.45. The molecule has 1 aliphatic heterocycles. The number of nitrogens with two attached hydrogens (primary N) is 1. The lowest BCUT2D eigenvalue weighted by Crippen LogP contribution is -2.35. The average molecular weight is 286 g/mol. The number of rotatable bonds is 3. The molecule has 0 spiro atoms. The number of halogens is 1. The van der Waals surface area contributed by atoms with Crippen molar-refractivity contribution in [1.29, 1.82) is 0 Å². The maximum atomic E-state index is 5.82. The molecule has 0 saturated heterocycles. The molecule has 0 fully saturated rings. The summed E-state index contributed by atoms with van der Waals surface area (Å²) < 4.78 is 1.14. The van der Waals surface area contributed by atoms with E-state index < -0.39 is 0 Å². The molecule has 0 aliphatic carbocycles. The third kappa shape index (κ3) is 2.08. The molecule has 0 amide bonds. The van der Waals surface area contributed by atoms with Crippen molar-refractivity contribution in [3.05, 3.63) is 33.5 Å². The first-order valence-electron chi connectivity index (χ1n) is 4.65. The van der Waals surface area contributed by atoms with Crippen LogP contribution in [0.2, 0.25) is 0 Å². The Morgan fingerprint density at radius 3 is 3.13 bits per heavy atom. The van der Waals surface area contributed by atoms with Gasteiger partial charge in [0, 0.05) is 11.4 Å². The van der Waals surface area contributed by atoms with E-state index in [9.17, 15) is 0 Å². The monoisotopic (exact) mass is 285 g/mol. The Balaban J connectivity index is 2.20. The number of aliphatic imine (C=N–C) groups is 1. The van der Waals surface area contributed by atoms with Crippen molar-refractivity contribution in [2.24, 2.45) is 10.7 Å². The maximum Gasteiger partial charge on any atom is 0.192 e. The van der Waals surface area contributed by atoms with E-state index in [1.54, 1.807) is 11.3 Å². The Labute approximate surface area is 101 Å². The summed E-state index contributed by atoms with van der Waals surface area (Å²) in [6.45, 7) is 5.22. The molecule has 0 aromatic carbocycles. The summed E-state index contributed by atoms with van der Waals surface area (Å²) in [5, 5.41) is 0. The van der Waals surface area contributed by atoms with Gasteiger partial charge in [-0.3, -0.25) is 4.99 Å². The molecule has 3 nitrogen and oxygen atoms in total. The van der Waals surface area contributed by atoms with Crippen LogP contribution in [-0.4, -0.2) is 23.9 Å². The Morgan fingerprint density at radius 2 is 2.53 bits per heavy atom. The van der Waals surface area contributed by atoms with Gasteiger partial charge in [-0.15, -0.1) is 17.9 Å². The SMILES string of the molecule is C=CCN1C(N)=NCC1c1ccc(Br)s1. The van der Waals surface area contributed by atoms with Gasteiger partial charge in [0.05, 0.1) is 16.4 Å². The summed E-state index contributed by atoms with van der Waals surface area (Å²) in [5.41, 5.74) is 5.82. The molecule has 0 bridgehead atoms. The first-order chi connectivity index (χ1) is 7.22. The predicted molar refractivity (Wildman–Crippen MR) is 68.2 cm³/mol. The van der Waals surface area contributed by atoms with Crippen molar-refractivity contribution in [3.8, 4) is 0 Å². The largest absolute Gasteiger partial charge is 0.370 e. The molecule has 0 saturated carbocycles. The summed E-state index contributed by atoms with van der Waals surface area (Å²) in [4.78, 5) is 7.63. The second-order valence-electron chi connectivity index (χ2n) is 3.30. The molecule has 2 rings (SSSR count). The Hall–Kier alpha value is -0.810. The lowest BCUT2D eigenvalue weighted by Gasteiger charge is -2.23. The third-order valence-corrected chi connectivity index (χ3v) is 4.07. The smallest absolute Gasteiger partial charge is 0.192 e. The Kier molecular flexibility index (Phi) is 3.11. The van der Waals surface area contributed by atoms with Crippen LogP contribution in [0.15, 0.2) is 33.6 Å². The van der Waals surface area contributed by atoms with Gasteiger partial charge in [0.15, 0.2) is 5.96 Å². The molecule has 1 aliphatic rings. The standard InChI is InChI=1S/C10H12BrN3S/c1-2-5-14-7(6-13-10(14)12)8-3-4-9(11)15-8/h2-4,7H,1,5-6H2,(H2,12,13). The minimum atomic E-state index is 0.277. The molecule has 5 heteroatoms. The van der Waals surface area contributed by atoms with E-state index in [1.165, 1.54) is 4.88 Å². The van der Waals surface area contributed by atoms with Crippen LogP contribution in [0.1, 0.15) is 10.9 Å². The fourth-order valence-corrected chi connectivity index (χ4v) is 3.17. The molecule has 15 heavy (non-hydrogen) atoms. The fraction of sp³-hybridized carbons (Fsp3) is 0.300. The number of hydrogen-bond acceptors (Lipinski definition) is 4. The van der Waals surface area contributed by atoms with Crippen molar-refractivity contribution < 1.29 is 0 Å². The molecule has 1 unspecified atom stereocenters. The van der Waals surface area contributed by atoms with Crippen molar-refractivity contribution in [3.63, 3.8) is 0 Å². The normalized spacial score (nSPS) is 20.5. The summed E-state index contributed by atoms with van der Waals surface area (Å²) >= 11 is 5.19. The van der Waals surface area contributed by atoms with Crippen LogP contribution < -0.4 is 5.73 Å². The fourth-order valence-electron chi connectivity index (χ4n) is 1.64. The summed E-state index contributed by atoms with van der Waals surface area (Å²) in [5.74, 6) is 0.615. The molecule has 2 N–H and O–H groups in total. The minimum absolute atomic E-state index is 0.277. The molecular weight excluding hydrogens is 274 g/mol. The van der Waals surface area contributed by atoms with Crippen molar-refractivity contribution in [2.75, 3.05) is 13.1 Å². The zero-order valence-corrected chi connectivity index (χ0v) is 10.6. The first kappa shape index (κ1) is 10.7. The second-order valence-corrected chi connectivity index (χ2v) is 5.79. The highest BCUT2D eigenvalue weighted by molar-refractivity contribution is 9.11. The van der Waals surface area contributed by atoms with Gasteiger partial charge in [0.25, 0.3) is 0 Å². The molecular formula is C10H12BrN3S. The van der Waals surface area contributed by atoms with Crippen LogP contribution in [0.5, 0.6) is 0 Å². The highest BCUT2D eigenvalue weighted by Gasteiger charge is 2.27. The number of hydrogen-bond donors (Lipinski definition) is 1. The van der Waals surface area contributed by atoms with Crippen LogP contribution >= 0.6 is 27.3 Å². The number of nitrogens with zero attached hydrogens (tertiary/aromatic N) is 2. The Bertz CT molecular complexity index is 399. The Morgan fingerprint density at radius 1 is 1.73 bits per heavy atom. The molecule has 1 aromatic rings. The van der Waals surface area contributed by atoms with Crippen LogP contribution in [-0.2, 0) is 0 Å². The van der Waals surface area contributed by atoms with E-state index in [1.807, 2.05) is 6.08 Å². The van der Waals surface area contributed by atoms with Gasteiger partial charge in [-0.05, 0) is 28.1 Å². The van der Waals surface area contributed by atoms with Crippen molar-refractivity contribution >= 4 is 33.2 Å². The van der Waals surface area contributed by atoms with Gasteiger partial charge >= 0.3 is 0 Å². The molecule has 80 valence electrons. The van der Waals surface area contributed by atoms with Gasteiger partial charge in [0.1, 0.15) is 0 Å². The van der Waals surface area contributed by atoms with Gasteiger partial charge in [0.2, 0.25) is 0 Å². The zero-order valence-electron chi connectivity index (χ0n) is 8.19. The molecule has 1 atom stereocenters. The van der Waals surface area contributed by atoms with Crippen LogP contribution in [0.4, 0.5) is 0 Å². The summed E-state index contributed by atoms with van der Waals surface area (Å²) in [7, 11) is 0. The van der Waals surface area contributed by atoms with E-state index in [2.05, 4.69) is 44.5 Å². The average Bonchev–Trinajstić information content (AvgIpc) is 2.76. The lowest BCUT2D eigenvalue weighted by molar-refractivity contribution is 0.385. The lowest BCUT2D eigenvalue weighted by atomic mass is 10.2. The molecule has 0 radical (unpaired) electrons. The van der Waals surface area contributed by atoms with Gasteiger partial charge < -0.3 is 10.6 Å². The third-order valence-electron chi connectivity index (χ3n) is 2.34. The van der Waals surface area contributed by atoms with Crippen molar-refractivity contribution in [2.45, 2.75) is 6.04 Å². The second kappa shape index (κ2) is 4.37. The zero-order chi connectivity index (χ0) is 10.8. The van der Waals surface area contributed by atoms with Gasteiger partial charge in [-0.2, -0.15) is 0 Å². The minimum Gasteiger partial charge on any atom is -0.370 e. The molecule has 2 heterocycles. The number of guanidine groups is 1. The van der Waals surface area contributed by atoms with E-state index in [4.69, 9.17) is 5.73 Å². The maximum absolute atomic E-state index is 5.82. The van der Waals surface area contributed by atoms with Gasteiger partial charge in [-0.1, -0.05) is 6.08 Å². The molecule has 1 aromatic heterocycles. The van der Waals surface area contributed by atoms with Gasteiger partial charge in [-0.25, -0.2) is 0 Å². The van der Waals surface area contributed by atoms with Crippen LogP contribution in [0.3, 0.4) is 0 Å². The van der Waals surface area contributed by atoms with Crippen LogP contribution in [0, 0.1) is 0 Å². The highest BCUT2D eigenvalue weighted by Crippen LogP contribution is 2.33. The predicted octanol–water partition coefficient (Wildman–Crippen LogP) is 2.37. The summed E-state index contributed by atoms with van der Waals surface area (Å²) in [6.07, 6.45) is 1.85. The van der Waals surface area contributed by atoms with Crippen LogP contribution in [0.25, 0.3) is 0 Å². The van der Waals surface area contributed by atoms with E-state index >= 15 is 0 Å². The highest BCUT2D eigenvalue weighted by atomic mass is 79.9.